The third-order valence-corrected chi connectivity index (χ3v) is 3.88. The van der Waals surface area contributed by atoms with Crippen LogP contribution in [-0.2, 0) is 14.3 Å². The Balaban J connectivity index is 2.21. The first-order chi connectivity index (χ1) is 10.2. The first-order valence-corrected chi connectivity index (χ1v) is 7.88. The minimum absolute atomic E-state index is 0.00497. The standard InChI is InChI=1S/C15H28N2O4/c1-21-15(20)13(11-18)16-10-9-14(19)17-12-7-5-3-2-4-6-8-12/h12-13,16,18H,2-11H2,1H3,(H,17,19)/t13-/m1/s1. The molecule has 0 aromatic heterocycles. The molecule has 0 unspecified atom stereocenters. The second-order valence-electron chi connectivity index (χ2n) is 5.57. The molecule has 6 nitrogen and oxygen atoms in total. The molecular formula is C15H28N2O4. The van der Waals surface area contributed by atoms with Crippen molar-refractivity contribution in [3.63, 3.8) is 0 Å². The van der Waals surface area contributed by atoms with Crippen molar-refractivity contribution in [3.8, 4) is 0 Å². The minimum atomic E-state index is -0.760. The zero-order chi connectivity index (χ0) is 15.5. The summed E-state index contributed by atoms with van der Waals surface area (Å²) in [6, 6.07) is -0.476. The molecule has 0 heterocycles. The van der Waals surface area contributed by atoms with Crippen LogP contribution in [0.4, 0.5) is 0 Å². The Hall–Kier alpha value is -1.14. The summed E-state index contributed by atoms with van der Waals surface area (Å²) >= 11 is 0. The summed E-state index contributed by atoms with van der Waals surface area (Å²) in [5.41, 5.74) is 0. The summed E-state index contributed by atoms with van der Waals surface area (Å²) in [5, 5.41) is 14.9. The number of aliphatic hydroxyl groups is 1. The van der Waals surface area contributed by atoms with E-state index in [-0.39, 0.29) is 18.6 Å². The smallest absolute Gasteiger partial charge is 0.325 e. The van der Waals surface area contributed by atoms with Crippen molar-refractivity contribution in [1.82, 2.24) is 10.6 Å². The maximum Gasteiger partial charge on any atom is 0.325 e. The molecule has 21 heavy (non-hydrogen) atoms. The molecule has 1 fully saturated rings. The van der Waals surface area contributed by atoms with Crippen molar-refractivity contribution in [1.29, 1.82) is 0 Å². The Morgan fingerprint density at radius 2 is 1.81 bits per heavy atom. The molecule has 1 aliphatic rings. The van der Waals surface area contributed by atoms with E-state index in [0.717, 1.165) is 12.8 Å². The molecule has 1 aliphatic carbocycles. The third-order valence-electron chi connectivity index (χ3n) is 3.88. The highest BCUT2D eigenvalue weighted by Crippen LogP contribution is 2.17. The quantitative estimate of drug-likeness (QED) is 0.603. The van der Waals surface area contributed by atoms with Crippen molar-refractivity contribution in [2.75, 3.05) is 20.3 Å². The number of carbonyl (C=O) groups is 2. The van der Waals surface area contributed by atoms with Gasteiger partial charge >= 0.3 is 5.97 Å². The number of ether oxygens (including phenoxy) is 1. The Morgan fingerprint density at radius 1 is 1.19 bits per heavy atom. The highest BCUT2D eigenvalue weighted by Gasteiger charge is 2.18. The van der Waals surface area contributed by atoms with Gasteiger partial charge in [-0.2, -0.15) is 0 Å². The lowest BCUT2D eigenvalue weighted by Gasteiger charge is -2.21. The molecule has 1 amide bonds. The number of carbonyl (C=O) groups excluding carboxylic acids is 2. The van der Waals surface area contributed by atoms with Crippen molar-refractivity contribution >= 4 is 11.9 Å². The van der Waals surface area contributed by atoms with E-state index in [1.165, 1.54) is 39.2 Å². The van der Waals surface area contributed by atoms with E-state index in [2.05, 4.69) is 15.4 Å². The van der Waals surface area contributed by atoms with Crippen LogP contribution >= 0.6 is 0 Å². The van der Waals surface area contributed by atoms with Gasteiger partial charge in [-0.15, -0.1) is 0 Å². The van der Waals surface area contributed by atoms with Crippen molar-refractivity contribution < 1.29 is 19.4 Å². The molecule has 1 atom stereocenters. The highest BCUT2D eigenvalue weighted by atomic mass is 16.5. The number of hydrogen-bond donors (Lipinski definition) is 3. The van der Waals surface area contributed by atoms with Crippen LogP contribution in [0.1, 0.15) is 51.4 Å². The van der Waals surface area contributed by atoms with Gasteiger partial charge in [-0.3, -0.25) is 9.59 Å². The van der Waals surface area contributed by atoms with E-state index in [4.69, 9.17) is 5.11 Å². The second kappa shape index (κ2) is 10.6. The van der Waals surface area contributed by atoms with Gasteiger partial charge in [-0.25, -0.2) is 0 Å². The molecule has 0 aliphatic heterocycles. The first kappa shape index (κ1) is 17.9. The molecule has 122 valence electrons. The highest BCUT2D eigenvalue weighted by molar-refractivity contribution is 5.77. The summed E-state index contributed by atoms with van der Waals surface area (Å²) in [6.07, 6.45) is 8.58. The van der Waals surface area contributed by atoms with E-state index in [1.807, 2.05) is 0 Å². The molecule has 0 aromatic rings. The fourth-order valence-electron chi connectivity index (χ4n) is 2.62. The molecule has 0 aromatic carbocycles. The third kappa shape index (κ3) is 7.43. The molecular weight excluding hydrogens is 272 g/mol. The molecule has 0 radical (unpaired) electrons. The molecule has 1 saturated carbocycles. The van der Waals surface area contributed by atoms with E-state index in [9.17, 15) is 9.59 Å². The molecule has 3 N–H and O–H groups in total. The van der Waals surface area contributed by atoms with Gasteiger partial charge < -0.3 is 20.5 Å². The summed E-state index contributed by atoms with van der Waals surface area (Å²) in [5.74, 6) is -0.521. The molecule has 1 rings (SSSR count). The van der Waals surface area contributed by atoms with Crippen LogP contribution in [0.15, 0.2) is 0 Å². The zero-order valence-corrected chi connectivity index (χ0v) is 12.9. The van der Waals surface area contributed by atoms with Gasteiger partial charge in [0.1, 0.15) is 6.04 Å². The molecule has 6 heteroatoms. The van der Waals surface area contributed by atoms with Gasteiger partial charge in [0.2, 0.25) is 5.91 Å². The van der Waals surface area contributed by atoms with Crippen molar-refractivity contribution in [3.05, 3.63) is 0 Å². The van der Waals surface area contributed by atoms with E-state index < -0.39 is 12.0 Å². The largest absolute Gasteiger partial charge is 0.468 e. The predicted molar refractivity (Wildman–Crippen MR) is 79.8 cm³/mol. The van der Waals surface area contributed by atoms with Crippen LogP contribution in [0.5, 0.6) is 0 Å². The lowest BCUT2D eigenvalue weighted by Crippen LogP contribution is -2.43. The Labute approximate surface area is 126 Å². The van der Waals surface area contributed by atoms with Crippen molar-refractivity contribution in [2.24, 2.45) is 0 Å². The predicted octanol–water partition coefficient (Wildman–Crippen LogP) is 0.729. The summed E-state index contributed by atoms with van der Waals surface area (Å²) in [7, 11) is 1.27. The second-order valence-corrected chi connectivity index (χ2v) is 5.57. The number of hydrogen-bond acceptors (Lipinski definition) is 5. The summed E-state index contributed by atoms with van der Waals surface area (Å²) in [6.45, 7) is 0.00972. The van der Waals surface area contributed by atoms with Gasteiger partial charge in [0.05, 0.1) is 13.7 Å². The van der Waals surface area contributed by atoms with Gasteiger partial charge in [0.15, 0.2) is 0 Å². The number of aliphatic hydroxyl groups excluding tert-OH is 1. The summed E-state index contributed by atoms with van der Waals surface area (Å²) in [4.78, 5) is 23.1. The Kier molecular flexibility index (Phi) is 9.01. The fraction of sp³-hybridized carbons (Fsp3) is 0.867. The van der Waals surface area contributed by atoms with E-state index in [1.54, 1.807) is 0 Å². The van der Waals surface area contributed by atoms with Gasteiger partial charge in [0.25, 0.3) is 0 Å². The minimum Gasteiger partial charge on any atom is -0.468 e. The monoisotopic (exact) mass is 300 g/mol. The Bertz CT molecular complexity index is 315. The lowest BCUT2D eigenvalue weighted by atomic mass is 9.96. The molecule has 0 spiro atoms. The van der Waals surface area contributed by atoms with Gasteiger partial charge in [-0.1, -0.05) is 32.1 Å². The van der Waals surface area contributed by atoms with Crippen LogP contribution in [0.2, 0.25) is 0 Å². The van der Waals surface area contributed by atoms with Crippen LogP contribution in [0.25, 0.3) is 0 Å². The van der Waals surface area contributed by atoms with Crippen LogP contribution in [-0.4, -0.2) is 49.3 Å². The van der Waals surface area contributed by atoms with E-state index in [0.29, 0.717) is 13.0 Å². The first-order valence-electron chi connectivity index (χ1n) is 7.88. The SMILES string of the molecule is COC(=O)[C@@H](CO)NCCC(=O)NC1CCCCCCC1. The number of rotatable bonds is 7. The lowest BCUT2D eigenvalue weighted by molar-refractivity contribution is -0.144. The van der Waals surface area contributed by atoms with Gasteiger partial charge in [-0.05, 0) is 12.8 Å². The number of amides is 1. The zero-order valence-electron chi connectivity index (χ0n) is 12.9. The number of methoxy groups -OCH3 is 1. The van der Waals surface area contributed by atoms with E-state index >= 15 is 0 Å². The van der Waals surface area contributed by atoms with Gasteiger partial charge in [0, 0.05) is 19.0 Å². The van der Waals surface area contributed by atoms with Crippen LogP contribution in [0.3, 0.4) is 0 Å². The van der Waals surface area contributed by atoms with Crippen LogP contribution < -0.4 is 10.6 Å². The van der Waals surface area contributed by atoms with Crippen molar-refractivity contribution in [2.45, 2.75) is 63.5 Å². The number of nitrogens with one attached hydrogen (secondary N) is 2. The maximum absolute atomic E-state index is 11.9. The number of esters is 1. The molecule has 0 saturated heterocycles. The molecule has 0 bridgehead atoms. The average molecular weight is 300 g/mol. The fourth-order valence-corrected chi connectivity index (χ4v) is 2.62. The normalized spacial score (nSPS) is 18.4. The average Bonchev–Trinajstić information content (AvgIpc) is 2.45. The maximum atomic E-state index is 11.9. The summed E-state index contributed by atoms with van der Waals surface area (Å²) < 4.78 is 4.55. The Morgan fingerprint density at radius 3 is 2.38 bits per heavy atom. The topological polar surface area (TPSA) is 87.7 Å². The van der Waals surface area contributed by atoms with Crippen LogP contribution in [0, 0.1) is 0 Å².